The lowest BCUT2D eigenvalue weighted by Gasteiger charge is -2.16. The number of halogens is 1. The average molecular weight is 379 g/mol. The Morgan fingerprint density at radius 3 is 2.44 bits per heavy atom. The quantitative estimate of drug-likeness (QED) is 0.733. The molecule has 1 heterocycles. The minimum absolute atomic E-state index is 0.0856. The normalized spacial score (nSPS) is 20.1. The molecule has 1 saturated heterocycles. The molecule has 18 heavy (non-hydrogen) atoms. The molecule has 1 amide bonds. The van der Waals surface area contributed by atoms with E-state index in [1.165, 1.54) is 6.26 Å². The lowest BCUT2D eigenvalue weighted by Crippen LogP contribution is -2.31. The molecule has 98 valence electrons. The number of hydrogen-bond acceptors (Lipinski definition) is 3. The van der Waals surface area contributed by atoms with Crippen LogP contribution in [0.5, 0.6) is 0 Å². The molecule has 1 fully saturated rings. The summed E-state index contributed by atoms with van der Waals surface area (Å²) in [6, 6.07) is 7.30. The fraction of sp³-hybridized carbons (Fsp3) is 0.417. The molecule has 0 aliphatic carbocycles. The summed E-state index contributed by atoms with van der Waals surface area (Å²) in [6.07, 6.45) is 1.77. The predicted molar refractivity (Wildman–Crippen MR) is 78.3 cm³/mol. The third kappa shape index (κ3) is 3.03. The highest BCUT2D eigenvalue weighted by atomic mass is 127. The molecule has 1 aliphatic heterocycles. The maximum Gasteiger partial charge on any atom is 0.253 e. The minimum atomic E-state index is -3.05. The van der Waals surface area contributed by atoms with Gasteiger partial charge in [0.2, 0.25) is 0 Å². The Morgan fingerprint density at radius 2 is 1.94 bits per heavy atom. The Balaban J connectivity index is 2.10. The molecule has 0 bridgehead atoms. The zero-order valence-corrected chi connectivity index (χ0v) is 12.9. The number of benzene rings is 1. The summed E-state index contributed by atoms with van der Waals surface area (Å²) in [6.45, 7) is 0.826. The van der Waals surface area contributed by atoms with E-state index < -0.39 is 15.1 Å². The standard InChI is InChI=1S/C12H14INO3S/c1-18(16,17)11-6-7-14(8-11)12(15)9-2-4-10(13)5-3-9/h2-5,11H,6-8H2,1H3. The van der Waals surface area contributed by atoms with Crippen LogP contribution in [0.2, 0.25) is 0 Å². The van der Waals surface area contributed by atoms with Gasteiger partial charge in [-0.05, 0) is 53.3 Å². The van der Waals surface area contributed by atoms with E-state index in [-0.39, 0.29) is 5.91 Å². The first-order valence-corrected chi connectivity index (χ1v) is 8.65. The zero-order valence-electron chi connectivity index (χ0n) is 9.97. The summed E-state index contributed by atoms with van der Waals surface area (Å²) in [7, 11) is -3.05. The minimum Gasteiger partial charge on any atom is -0.337 e. The Hall–Kier alpha value is -0.630. The van der Waals surface area contributed by atoms with Gasteiger partial charge in [-0.25, -0.2) is 8.42 Å². The highest BCUT2D eigenvalue weighted by molar-refractivity contribution is 14.1. The van der Waals surface area contributed by atoms with Crippen molar-refractivity contribution in [1.29, 1.82) is 0 Å². The second-order valence-corrected chi connectivity index (χ2v) is 8.07. The van der Waals surface area contributed by atoms with Crippen molar-refractivity contribution in [3.05, 3.63) is 33.4 Å². The molecule has 1 unspecified atom stereocenters. The van der Waals surface area contributed by atoms with Crippen LogP contribution < -0.4 is 0 Å². The van der Waals surface area contributed by atoms with E-state index in [2.05, 4.69) is 22.6 Å². The van der Waals surface area contributed by atoms with Gasteiger partial charge in [0, 0.05) is 28.5 Å². The molecule has 0 N–H and O–H groups in total. The number of carbonyl (C=O) groups is 1. The van der Waals surface area contributed by atoms with E-state index >= 15 is 0 Å². The van der Waals surface area contributed by atoms with Crippen molar-refractivity contribution in [2.45, 2.75) is 11.7 Å². The van der Waals surface area contributed by atoms with Gasteiger partial charge in [0.25, 0.3) is 5.91 Å². The summed E-state index contributed by atoms with van der Waals surface area (Å²) in [5.74, 6) is -0.0856. The predicted octanol–water partition coefficient (Wildman–Crippen LogP) is 1.55. The molecule has 0 aromatic heterocycles. The topological polar surface area (TPSA) is 54.5 Å². The highest BCUT2D eigenvalue weighted by Crippen LogP contribution is 2.19. The van der Waals surface area contributed by atoms with E-state index in [1.54, 1.807) is 17.0 Å². The van der Waals surface area contributed by atoms with Crippen molar-refractivity contribution >= 4 is 38.3 Å². The van der Waals surface area contributed by atoms with Crippen LogP contribution in [0.4, 0.5) is 0 Å². The first kappa shape index (κ1) is 13.8. The molecule has 0 spiro atoms. The third-order valence-corrected chi connectivity index (χ3v) is 5.44. The number of hydrogen-bond donors (Lipinski definition) is 0. The summed E-state index contributed by atoms with van der Waals surface area (Å²) in [5.41, 5.74) is 0.615. The van der Waals surface area contributed by atoms with Gasteiger partial charge in [-0.3, -0.25) is 4.79 Å². The third-order valence-electron chi connectivity index (χ3n) is 3.13. The van der Waals surface area contributed by atoms with Crippen molar-refractivity contribution < 1.29 is 13.2 Å². The number of nitrogens with zero attached hydrogens (tertiary/aromatic N) is 1. The number of sulfone groups is 1. The monoisotopic (exact) mass is 379 g/mol. The Labute approximate surface area is 120 Å². The van der Waals surface area contributed by atoms with Gasteiger partial charge in [0.15, 0.2) is 9.84 Å². The van der Waals surface area contributed by atoms with Crippen LogP contribution in [-0.4, -0.2) is 43.8 Å². The lowest BCUT2D eigenvalue weighted by atomic mass is 10.2. The second kappa shape index (κ2) is 5.16. The molecular formula is C12H14INO3S. The summed E-state index contributed by atoms with van der Waals surface area (Å²) >= 11 is 2.18. The van der Waals surface area contributed by atoms with Crippen LogP contribution >= 0.6 is 22.6 Å². The molecule has 4 nitrogen and oxygen atoms in total. The number of carbonyl (C=O) groups excluding carboxylic acids is 1. The molecule has 1 aromatic rings. The van der Waals surface area contributed by atoms with Gasteiger partial charge in [0.05, 0.1) is 5.25 Å². The van der Waals surface area contributed by atoms with Gasteiger partial charge in [0.1, 0.15) is 0 Å². The Bertz CT molecular complexity index is 553. The smallest absolute Gasteiger partial charge is 0.253 e. The highest BCUT2D eigenvalue weighted by Gasteiger charge is 2.32. The van der Waals surface area contributed by atoms with E-state index in [4.69, 9.17) is 0 Å². The van der Waals surface area contributed by atoms with Gasteiger partial charge in [-0.15, -0.1) is 0 Å². The number of rotatable bonds is 2. The zero-order chi connectivity index (χ0) is 13.3. The Morgan fingerprint density at radius 1 is 1.33 bits per heavy atom. The van der Waals surface area contributed by atoms with E-state index in [0.717, 1.165) is 3.57 Å². The maximum absolute atomic E-state index is 12.2. The van der Waals surface area contributed by atoms with Crippen LogP contribution in [0.3, 0.4) is 0 Å². The van der Waals surface area contributed by atoms with Crippen molar-refractivity contribution in [2.75, 3.05) is 19.3 Å². The lowest BCUT2D eigenvalue weighted by molar-refractivity contribution is 0.0793. The van der Waals surface area contributed by atoms with E-state index in [0.29, 0.717) is 25.1 Å². The number of amides is 1. The van der Waals surface area contributed by atoms with Crippen LogP contribution in [0, 0.1) is 3.57 Å². The van der Waals surface area contributed by atoms with Crippen LogP contribution in [0.25, 0.3) is 0 Å². The van der Waals surface area contributed by atoms with Crippen LogP contribution in [0.1, 0.15) is 16.8 Å². The molecule has 1 atom stereocenters. The average Bonchev–Trinajstić information content (AvgIpc) is 2.78. The first-order chi connectivity index (χ1) is 8.38. The summed E-state index contributed by atoms with van der Waals surface area (Å²) in [5, 5.41) is -0.412. The number of likely N-dealkylation sites (tertiary alicyclic amines) is 1. The fourth-order valence-corrected chi connectivity index (χ4v) is 3.38. The maximum atomic E-state index is 12.2. The molecule has 6 heteroatoms. The van der Waals surface area contributed by atoms with E-state index in [1.807, 2.05) is 12.1 Å². The van der Waals surface area contributed by atoms with Crippen molar-refractivity contribution in [3.8, 4) is 0 Å². The molecule has 0 saturated carbocycles. The molecule has 1 aliphatic rings. The van der Waals surface area contributed by atoms with Gasteiger partial charge >= 0.3 is 0 Å². The molecule has 2 rings (SSSR count). The molecular weight excluding hydrogens is 365 g/mol. The van der Waals surface area contributed by atoms with E-state index in [9.17, 15) is 13.2 Å². The van der Waals surface area contributed by atoms with Gasteiger partial charge in [-0.2, -0.15) is 0 Å². The van der Waals surface area contributed by atoms with Crippen LogP contribution in [-0.2, 0) is 9.84 Å². The largest absolute Gasteiger partial charge is 0.337 e. The SMILES string of the molecule is CS(=O)(=O)C1CCN(C(=O)c2ccc(I)cc2)C1. The van der Waals surface area contributed by atoms with Crippen molar-refractivity contribution in [1.82, 2.24) is 4.90 Å². The first-order valence-electron chi connectivity index (χ1n) is 5.61. The van der Waals surface area contributed by atoms with Crippen LogP contribution in [0.15, 0.2) is 24.3 Å². The molecule has 0 radical (unpaired) electrons. The van der Waals surface area contributed by atoms with Gasteiger partial charge < -0.3 is 4.90 Å². The summed E-state index contributed by atoms with van der Waals surface area (Å²) in [4.78, 5) is 13.8. The van der Waals surface area contributed by atoms with Crippen molar-refractivity contribution in [2.24, 2.45) is 0 Å². The second-order valence-electron chi connectivity index (χ2n) is 4.50. The summed E-state index contributed by atoms with van der Waals surface area (Å²) < 4.78 is 24.0. The Kier molecular flexibility index (Phi) is 3.96. The molecule has 1 aromatic carbocycles. The fourth-order valence-electron chi connectivity index (χ4n) is 2.04. The van der Waals surface area contributed by atoms with Crippen molar-refractivity contribution in [3.63, 3.8) is 0 Å². The van der Waals surface area contributed by atoms with Gasteiger partial charge in [-0.1, -0.05) is 0 Å².